The molecular weight excluding hydrogens is 482 g/mol. The Morgan fingerprint density at radius 1 is 1.03 bits per heavy atom. The van der Waals surface area contributed by atoms with Gasteiger partial charge in [-0.15, -0.1) is 0 Å². The zero-order valence-corrected chi connectivity index (χ0v) is 22.5. The molecule has 38 heavy (non-hydrogen) atoms. The highest BCUT2D eigenvalue weighted by Crippen LogP contribution is 2.55. The van der Waals surface area contributed by atoms with Crippen LogP contribution in [-0.4, -0.2) is 87.6 Å². The van der Waals surface area contributed by atoms with Gasteiger partial charge in [-0.1, -0.05) is 74.9 Å². The predicted octanol–water partition coefficient (Wildman–Crippen LogP) is 2.70. The molecule has 1 spiro atoms. The molecule has 4 heterocycles. The van der Waals surface area contributed by atoms with Crippen molar-refractivity contribution in [3.05, 3.63) is 60.2 Å². The van der Waals surface area contributed by atoms with Crippen LogP contribution in [0.3, 0.4) is 0 Å². The fraction of sp³-hybridized carbons (Fsp3) is 0.567. The van der Waals surface area contributed by atoms with Gasteiger partial charge in [0.15, 0.2) is 0 Å². The van der Waals surface area contributed by atoms with E-state index in [1.165, 1.54) is 4.90 Å². The first-order valence-electron chi connectivity index (χ1n) is 14.0. The normalized spacial score (nSPS) is 32.1. The highest BCUT2D eigenvalue weighted by atomic mass is 16.5. The van der Waals surface area contributed by atoms with Crippen LogP contribution in [0.4, 0.5) is 0 Å². The Kier molecular flexibility index (Phi) is 7.47. The van der Waals surface area contributed by atoms with Crippen LogP contribution in [0.1, 0.15) is 51.6 Å². The van der Waals surface area contributed by atoms with Gasteiger partial charge in [-0.2, -0.15) is 0 Å². The van der Waals surface area contributed by atoms with Crippen LogP contribution in [0.2, 0.25) is 0 Å². The van der Waals surface area contributed by atoms with E-state index in [0.29, 0.717) is 19.6 Å². The summed E-state index contributed by atoms with van der Waals surface area (Å²) in [6, 6.07) is 7.55. The second-order valence-corrected chi connectivity index (χ2v) is 10.9. The Morgan fingerprint density at radius 2 is 1.79 bits per heavy atom. The van der Waals surface area contributed by atoms with E-state index in [2.05, 4.69) is 6.92 Å². The van der Waals surface area contributed by atoms with Gasteiger partial charge < -0.3 is 24.5 Å². The van der Waals surface area contributed by atoms with Gasteiger partial charge in [0, 0.05) is 25.7 Å². The summed E-state index contributed by atoms with van der Waals surface area (Å²) >= 11 is 0. The van der Waals surface area contributed by atoms with Crippen LogP contribution in [-0.2, 0) is 19.1 Å². The number of ether oxygens (including phenoxy) is 1. The van der Waals surface area contributed by atoms with E-state index in [1.54, 1.807) is 4.90 Å². The highest BCUT2D eigenvalue weighted by molar-refractivity contribution is 6.00. The topological polar surface area (TPSA) is 90.4 Å². The van der Waals surface area contributed by atoms with Crippen molar-refractivity contribution in [2.75, 3.05) is 26.2 Å². The van der Waals surface area contributed by atoms with Gasteiger partial charge in [0.05, 0.1) is 30.6 Å². The Labute approximate surface area is 224 Å². The molecule has 0 saturated carbocycles. The third-order valence-electron chi connectivity index (χ3n) is 8.64. The first-order chi connectivity index (χ1) is 18.4. The molecule has 2 fully saturated rings. The number of carbonyl (C=O) groups excluding carboxylic acids is 3. The number of carbonyl (C=O) groups is 3. The molecule has 0 aliphatic carbocycles. The maximum Gasteiger partial charge on any atom is 0.249 e. The van der Waals surface area contributed by atoms with Gasteiger partial charge in [-0.3, -0.25) is 14.4 Å². The molecule has 7 atom stereocenters. The van der Waals surface area contributed by atoms with E-state index in [-0.39, 0.29) is 30.4 Å². The second kappa shape index (κ2) is 10.7. The Hall–Kier alpha value is -2.97. The third-order valence-corrected chi connectivity index (χ3v) is 8.64. The summed E-state index contributed by atoms with van der Waals surface area (Å²) in [4.78, 5) is 47.9. The lowest BCUT2D eigenvalue weighted by atomic mass is 9.77. The van der Waals surface area contributed by atoms with E-state index in [1.807, 2.05) is 73.4 Å². The lowest BCUT2D eigenvalue weighted by Crippen LogP contribution is -2.57. The molecule has 8 heteroatoms. The standard InChI is InChI=1S/C30H39N3O5/c1-4-11-20(3)32-18-10-15-30-25(24-23(38-30)14-9-17-31(16-5-2)27(24)35)28(36)33(26(30)29(32)37)22(19-34)21-12-7-6-8-13-21/h6-10,12-15,20,22-26,34H,4-5,11,16-19H2,1-3H3/t20?,22-,23-,24+,25+,26?,30+/m1/s1. The molecule has 4 aliphatic heterocycles. The van der Waals surface area contributed by atoms with Crippen molar-refractivity contribution in [2.45, 2.75) is 69.9 Å². The van der Waals surface area contributed by atoms with E-state index < -0.39 is 35.6 Å². The maximum atomic E-state index is 14.5. The molecule has 2 unspecified atom stereocenters. The van der Waals surface area contributed by atoms with Crippen LogP contribution in [0, 0.1) is 11.8 Å². The zero-order chi connectivity index (χ0) is 27.0. The summed E-state index contributed by atoms with van der Waals surface area (Å²) in [7, 11) is 0. The number of hydrogen-bond donors (Lipinski definition) is 1. The first-order valence-corrected chi connectivity index (χ1v) is 14.0. The minimum atomic E-state index is -1.29. The molecule has 1 aromatic carbocycles. The summed E-state index contributed by atoms with van der Waals surface area (Å²) in [6.07, 6.45) is 9.59. The van der Waals surface area contributed by atoms with Crippen molar-refractivity contribution in [1.82, 2.24) is 14.7 Å². The SMILES string of the molecule is CCCC(C)N1CC=C[C@]23O[C@@H]4C=CCN(CCC)C(=O)[C@@H]4[C@H]2C(=O)N([C@H](CO)c2ccccc2)C3C1=O. The molecule has 204 valence electrons. The smallest absolute Gasteiger partial charge is 0.249 e. The second-order valence-electron chi connectivity index (χ2n) is 10.9. The Bertz CT molecular complexity index is 1120. The van der Waals surface area contributed by atoms with Crippen molar-refractivity contribution < 1.29 is 24.2 Å². The molecule has 8 nitrogen and oxygen atoms in total. The monoisotopic (exact) mass is 521 g/mol. The van der Waals surface area contributed by atoms with Gasteiger partial charge in [-0.25, -0.2) is 0 Å². The van der Waals surface area contributed by atoms with Crippen molar-refractivity contribution >= 4 is 17.7 Å². The lowest BCUT2D eigenvalue weighted by molar-refractivity contribution is -0.152. The van der Waals surface area contributed by atoms with Gasteiger partial charge in [0.25, 0.3) is 0 Å². The number of benzene rings is 1. The van der Waals surface area contributed by atoms with E-state index in [9.17, 15) is 19.5 Å². The molecule has 0 aromatic heterocycles. The average Bonchev–Trinajstić information content (AvgIpc) is 3.23. The van der Waals surface area contributed by atoms with Crippen LogP contribution < -0.4 is 0 Å². The Balaban J connectivity index is 1.65. The van der Waals surface area contributed by atoms with E-state index >= 15 is 0 Å². The van der Waals surface area contributed by atoms with Crippen LogP contribution in [0.5, 0.6) is 0 Å². The van der Waals surface area contributed by atoms with Crippen LogP contribution in [0.25, 0.3) is 0 Å². The first kappa shape index (κ1) is 26.6. The number of hydrogen-bond acceptors (Lipinski definition) is 5. The molecular formula is C30H39N3O5. The maximum absolute atomic E-state index is 14.5. The molecule has 0 bridgehead atoms. The van der Waals surface area contributed by atoms with Crippen molar-refractivity contribution in [3.8, 4) is 0 Å². The van der Waals surface area contributed by atoms with Crippen molar-refractivity contribution in [3.63, 3.8) is 0 Å². The molecule has 1 aromatic rings. The molecule has 2 saturated heterocycles. The fourth-order valence-corrected chi connectivity index (χ4v) is 6.95. The highest BCUT2D eigenvalue weighted by Gasteiger charge is 2.72. The number of aliphatic hydroxyl groups excluding tert-OH is 1. The molecule has 5 rings (SSSR count). The largest absolute Gasteiger partial charge is 0.394 e. The number of fused-ring (bicyclic) bond motifs is 2. The quantitative estimate of drug-likeness (QED) is 0.532. The molecule has 3 amide bonds. The van der Waals surface area contributed by atoms with Crippen LogP contribution in [0.15, 0.2) is 54.6 Å². The third kappa shape index (κ3) is 4.09. The van der Waals surface area contributed by atoms with E-state index in [4.69, 9.17) is 4.74 Å². The van der Waals surface area contributed by atoms with Gasteiger partial charge >= 0.3 is 0 Å². The summed E-state index contributed by atoms with van der Waals surface area (Å²) in [6.45, 7) is 7.27. The number of amides is 3. The van der Waals surface area contributed by atoms with Gasteiger partial charge in [0.2, 0.25) is 17.7 Å². The average molecular weight is 522 g/mol. The number of rotatable bonds is 8. The minimum Gasteiger partial charge on any atom is -0.394 e. The fourth-order valence-electron chi connectivity index (χ4n) is 6.95. The molecule has 0 radical (unpaired) electrons. The van der Waals surface area contributed by atoms with Crippen molar-refractivity contribution in [2.24, 2.45) is 11.8 Å². The molecule has 1 N–H and O–H groups in total. The summed E-state index contributed by atoms with van der Waals surface area (Å²) in [5.41, 5.74) is -0.550. The van der Waals surface area contributed by atoms with Crippen molar-refractivity contribution in [1.29, 1.82) is 0 Å². The summed E-state index contributed by atoms with van der Waals surface area (Å²) < 4.78 is 6.71. The minimum absolute atomic E-state index is 0.0268. The zero-order valence-electron chi connectivity index (χ0n) is 22.5. The Morgan fingerprint density at radius 3 is 2.47 bits per heavy atom. The summed E-state index contributed by atoms with van der Waals surface area (Å²) in [5.74, 6) is -2.20. The summed E-state index contributed by atoms with van der Waals surface area (Å²) in [5, 5.41) is 10.6. The number of nitrogens with zero attached hydrogens (tertiary/aromatic N) is 3. The van der Waals surface area contributed by atoms with Crippen LogP contribution >= 0.6 is 0 Å². The lowest BCUT2D eigenvalue weighted by Gasteiger charge is -2.40. The molecule has 4 aliphatic rings. The van der Waals surface area contributed by atoms with Gasteiger partial charge in [-0.05, 0) is 25.3 Å². The van der Waals surface area contributed by atoms with E-state index in [0.717, 1.165) is 24.8 Å². The van der Waals surface area contributed by atoms with Gasteiger partial charge in [0.1, 0.15) is 11.6 Å². The number of aliphatic hydroxyl groups is 1. The number of likely N-dealkylation sites (tertiary alicyclic amines) is 1. The predicted molar refractivity (Wildman–Crippen MR) is 143 cm³/mol.